The van der Waals surface area contributed by atoms with Crippen molar-refractivity contribution < 1.29 is 20.1 Å². The first-order valence-corrected chi connectivity index (χ1v) is 5.13. The van der Waals surface area contributed by atoms with Gasteiger partial charge >= 0.3 is 0 Å². The van der Waals surface area contributed by atoms with E-state index in [0.29, 0.717) is 0 Å². The highest BCUT2D eigenvalue weighted by Gasteiger charge is 1.83. The summed E-state index contributed by atoms with van der Waals surface area (Å²) in [6.45, 7) is 2.83. The lowest BCUT2D eigenvalue weighted by atomic mass is 10.2. The summed E-state index contributed by atoms with van der Waals surface area (Å²) in [6.07, 6.45) is -0.560. The summed E-state index contributed by atoms with van der Waals surface area (Å²) in [4.78, 5) is 9.22. The molecule has 0 fully saturated rings. The van der Waals surface area contributed by atoms with Gasteiger partial charge in [0.15, 0.2) is 0 Å². The molecule has 17 heavy (non-hydrogen) atoms. The van der Waals surface area contributed by atoms with Crippen LogP contribution in [0.1, 0.15) is 19.4 Å². The molecular weight excluding hydrogens is 222 g/mol. The molecule has 1 rings (SSSR count). The number of amides is 1. The Labute approximate surface area is 102 Å². The lowest BCUT2D eigenvalue weighted by Gasteiger charge is -1.90. The molecule has 0 saturated carbocycles. The minimum absolute atomic E-state index is 0.139. The van der Waals surface area contributed by atoms with Crippen LogP contribution in [-0.2, 0) is 11.4 Å². The number of carbonyl (C=O) groups excluding carboxylic acids is 1. The summed E-state index contributed by atoms with van der Waals surface area (Å²) in [5, 5.41) is 24.5. The molecule has 98 valence electrons. The third kappa shape index (κ3) is 20.6. The van der Waals surface area contributed by atoms with Gasteiger partial charge in [-0.3, -0.25) is 4.79 Å². The monoisotopic (exact) mass is 243 g/mol. The van der Waals surface area contributed by atoms with E-state index >= 15 is 0 Å². The Hall–Kier alpha value is -1.43. The smallest absolute Gasteiger partial charge is 0.214 e. The van der Waals surface area contributed by atoms with Gasteiger partial charge < -0.3 is 21.1 Å². The molecule has 0 aromatic heterocycles. The number of aliphatic hydroxyl groups is 3. The summed E-state index contributed by atoms with van der Waals surface area (Å²) in [5.74, 6) is -0.333. The zero-order valence-electron chi connectivity index (χ0n) is 10.2. The van der Waals surface area contributed by atoms with E-state index in [1.54, 1.807) is 0 Å². The molecule has 0 saturated heterocycles. The first-order chi connectivity index (χ1) is 7.93. The highest BCUT2D eigenvalue weighted by Crippen LogP contribution is 1.95. The lowest BCUT2D eigenvalue weighted by Crippen LogP contribution is -2.03. The molecule has 1 aromatic rings. The van der Waals surface area contributed by atoms with Crippen LogP contribution in [0.2, 0.25) is 0 Å². The number of carbonyl (C=O) groups is 1. The Morgan fingerprint density at radius 2 is 1.65 bits per heavy atom. The van der Waals surface area contributed by atoms with Gasteiger partial charge in [-0.1, -0.05) is 30.3 Å². The van der Waals surface area contributed by atoms with Crippen molar-refractivity contribution in [2.75, 3.05) is 6.61 Å². The Kier molecular flexibility index (Phi) is 13.3. The molecule has 0 heterocycles. The van der Waals surface area contributed by atoms with Crippen LogP contribution < -0.4 is 5.73 Å². The zero-order chi connectivity index (χ0) is 13.7. The molecule has 1 amide bonds. The SMILES string of the molecule is CC(N)=O.CC(O)CO.OCc1ccccc1. The van der Waals surface area contributed by atoms with Crippen molar-refractivity contribution in [2.24, 2.45) is 5.73 Å². The maximum atomic E-state index is 9.22. The predicted octanol–water partition coefficient (Wildman–Crippen LogP) is 0.0300. The Bertz CT molecular complexity index is 271. The third-order valence-corrected chi connectivity index (χ3v) is 1.29. The minimum Gasteiger partial charge on any atom is -0.394 e. The topological polar surface area (TPSA) is 104 Å². The molecule has 5 heteroatoms. The zero-order valence-corrected chi connectivity index (χ0v) is 10.2. The number of hydrogen-bond donors (Lipinski definition) is 4. The average molecular weight is 243 g/mol. The van der Waals surface area contributed by atoms with E-state index in [-0.39, 0.29) is 19.1 Å². The van der Waals surface area contributed by atoms with E-state index in [1.165, 1.54) is 13.8 Å². The molecule has 0 aliphatic rings. The van der Waals surface area contributed by atoms with Crippen molar-refractivity contribution in [3.63, 3.8) is 0 Å². The molecule has 0 bridgehead atoms. The van der Waals surface area contributed by atoms with Crippen LogP contribution in [0.4, 0.5) is 0 Å². The number of benzene rings is 1. The quantitative estimate of drug-likeness (QED) is 0.588. The molecule has 0 radical (unpaired) electrons. The molecule has 0 aliphatic carbocycles. The van der Waals surface area contributed by atoms with E-state index < -0.39 is 6.10 Å². The second-order valence-electron chi connectivity index (χ2n) is 3.29. The van der Waals surface area contributed by atoms with Crippen LogP contribution in [-0.4, -0.2) is 33.9 Å². The molecule has 1 aromatic carbocycles. The summed E-state index contributed by atoms with van der Waals surface area (Å²) >= 11 is 0. The van der Waals surface area contributed by atoms with Crippen LogP contribution in [0.3, 0.4) is 0 Å². The van der Waals surface area contributed by atoms with Crippen molar-refractivity contribution in [1.29, 1.82) is 0 Å². The van der Waals surface area contributed by atoms with E-state index in [9.17, 15) is 4.79 Å². The molecule has 0 aliphatic heterocycles. The Morgan fingerprint density at radius 3 is 1.82 bits per heavy atom. The molecule has 5 nitrogen and oxygen atoms in total. The Morgan fingerprint density at radius 1 is 1.29 bits per heavy atom. The van der Waals surface area contributed by atoms with Gasteiger partial charge in [0, 0.05) is 6.92 Å². The molecular formula is C12H21NO4. The average Bonchev–Trinajstić information content (AvgIpc) is 2.30. The number of hydrogen-bond acceptors (Lipinski definition) is 4. The number of rotatable bonds is 2. The number of primary amides is 1. The Balaban J connectivity index is 0. The molecule has 1 unspecified atom stereocenters. The van der Waals surface area contributed by atoms with Crippen molar-refractivity contribution in [3.05, 3.63) is 35.9 Å². The van der Waals surface area contributed by atoms with Gasteiger partial charge in [-0.25, -0.2) is 0 Å². The van der Waals surface area contributed by atoms with Crippen LogP contribution in [0, 0.1) is 0 Å². The summed E-state index contributed by atoms with van der Waals surface area (Å²) < 4.78 is 0. The summed E-state index contributed by atoms with van der Waals surface area (Å²) in [6, 6.07) is 9.52. The third-order valence-electron chi connectivity index (χ3n) is 1.29. The molecule has 0 spiro atoms. The number of aliphatic hydroxyl groups excluding tert-OH is 3. The van der Waals surface area contributed by atoms with E-state index in [0.717, 1.165) is 5.56 Å². The maximum absolute atomic E-state index is 9.22. The van der Waals surface area contributed by atoms with Gasteiger partial charge in [0.05, 0.1) is 19.3 Å². The van der Waals surface area contributed by atoms with E-state index in [2.05, 4.69) is 5.73 Å². The maximum Gasteiger partial charge on any atom is 0.214 e. The van der Waals surface area contributed by atoms with Crippen molar-refractivity contribution in [1.82, 2.24) is 0 Å². The first-order valence-electron chi connectivity index (χ1n) is 5.13. The predicted molar refractivity (Wildman–Crippen MR) is 66.0 cm³/mol. The summed E-state index contributed by atoms with van der Waals surface area (Å²) in [5.41, 5.74) is 5.44. The second-order valence-corrected chi connectivity index (χ2v) is 3.29. The van der Waals surface area contributed by atoms with Crippen LogP contribution in [0.25, 0.3) is 0 Å². The molecule has 5 N–H and O–H groups in total. The molecule has 1 atom stereocenters. The number of nitrogens with two attached hydrogens (primary N) is 1. The van der Waals surface area contributed by atoms with Gasteiger partial charge in [0.1, 0.15) is 0 Å². The van der Waals surface area contributed by atoms with Crippen molar-refractivity contribution >= 4 is 5.91 Å². The lowest BCUT2D eigenvalue weighted by molar-refractivity contribution is -0.115. The van der Waals surface area contributed by atoms with Crippen LogP contribution in [0.15, 0.2) is 30.3 Å². The largest absolute Gasteiger partial charge is 0.394 e. The van der Waals surface area contributed by atoms with Crippen LogP contribution >= 0.6 is 0 Å². The van der Waals surface area contributed by atoms with Gasteiger partial charge in [-0.15, -0.1) is 0 Å². The van der Waals surface area contributed by atoms with Crippen LogP contribution in [0.5, 0.6) is 0 Å². The van der Waals surface area contributed by atoms with Gasteiger partial charge in [0.25, 0.3) is 0 Å². The van der Waals surface area contributed by atoms with Crippen molar-refractivity contribution in [2.45, 2.75) is 26.6 Å². The van der Waals surface area contributed by atoms with E-state index in [1.807, 2.05) is 30.3 Å². The van der Waals surface area contributed by atoms with Gasteiger partial charge in [-0.2, -0.15) is 0 Å². The highest BCUT2D eigenvalue weighted by molar-refractivity contribution is 5.70. The van der Waals surface area contributed by atoms with Gasteiger partial charge in [-0.05, 0) is 12.5 Å². The fraction of sp³-hybridized carbons (Fsp3) is 0.417. The summed E-state index contributed by atoms with van der Waals surface area (Å²) in [7, 11) is 0. The normalized spacial score (nSPS) is 10.2. The fourth-order valence-corrected chi connectivity index (χ4v) is 0.583. The van der Waals surface area contributed by atoms with Crippen molar-refractivity contribution in [3.8, 4) is 0 Å². The second kappa shape index (κ2) is 12.6. The van der Waals surface area contributed by atoms with E-state index in [4.69, 9.17) is 15.3 Å². The highest BCUT2D eigenvalue weighted by atomic mass is 16.3. The minimum atomic E-state index is -0.560. The fourth-order valence-electron chi connectivity index (χ4n) is 0.583. The van der Waals surface area contributed by atoms with Gasteiger partial charge in [0.2, 0.25) is 5.91 Å². The first kappa shape index (κ1) is 17.9. The standard InChI is InChI=1S/C7H8O.C3H8O2.C2H5NO/c8-6-7-4-2-1-3-5-7;1-3(5)2-4;1-2(3)4/h1-5,8H,6H2;3-5H,2H2,1H3;1H3,(H2,3,4).